The van der Waals surface area contributed by atoms with Crippen molar-refractivity contribution in [2.75, 3.05) is 0 Å². The Kier molecular flexibility index (Phi) is 4.05. The molecule has 4 rings (SSSR count). The molecule has 7 heteroatoms. The third kappa shape index (κ3) is 3.17. The van der Waals surface area contributed by atoms with Crippen molar-refractivity contribution in [2.24, 2.45) is 0 Å². The first-order valence-electron chi connectivity index (χ1n) is 8.48. The Morgan fingerprint density at radius 1 is 1.36 bits per heavy atom. The Labute approximate surface area is 145 Å². The molecule has 0 aliphatic heterocycles. The van der Waals surface area contributed by atoms with E-state index in [0.717, 1.165) is 42.0 Å². The van der Waals surface area contributed by atoms with E-state index in [2.05, 4.69) is 20.5 Å². The lowest BCUT2D eigenvalue weighted by molar-refractivity contribution is -0.122. The molecule has 1 amide bonds. The van der Waals surface area contributed by atoms with Gasteiger partial charge in [-0.05, 0) is 44.4 Å². The maximum Gasteiger partial charge on any atom is 0.242 e. The summed E-state index contributed by atoms with van der Waals surface area (Å²) in [6.45, 7) is 2.14. The number of nitrogens with zero attached hydrogens (tertiary/aromatic N) is 5. The van der Waals surface area contributed by atoms with Gasteiger partial charge in [-0.25, -0.2) is 9.67 Å². The molecule has 0 saturated heterocycles. The summed E-state index contributed by atoms with van der Waals surface area (Å²) in [6, 6.07) is 7.66. The van der Waals surface area contributed by atoms with Crippen LogP contribution < -0.4 is 5.32 Å². The van der Waals surface area contributed by atoms with Gasteiger partial charge < -0.3 is 5.32 Å². The van der Waals surface area contributed by atoms with E-state index in [9.17, 15) is 4.79 Å². The molecule has 0 saturated carbocycles. The molecule has 7 nitrogen and oxygen atoms in total. The SMILES string of the molecule is Cc1ccn(CC(=O)N[C@@H]2CCCc3c2cnn3-c2ccccn2)n1. The van der Waals surface area contributed by atoms with Gasteiger partial charge in [-0.1, -0.05) is 6.07 Å². The summed E-state index contributed by atoms with van der Waals surface area (Å²) in [5.41, 5.74) is 3.12. The Bertz CT molecular complexity index is 882. The quantitative estimate of drug-likeness (QED) is 0.790. The van der Waals surface area contributed by atoms with Crippen LogP contribution in [0.5, 0.6) is 0 Å². The molecule has 1 aliphatic carbocycles. The average Bonchev–Trinajstić information content (AvgIpc) is 3.22. The van der Waals surface area contributed by atoms with Crippen LogP contribution >= 0.6 is 0 Å². The van der Waals surface area contributed by atoms with Crippen LogP contribution in [0.4, 0.5) is 0 Å². The highest BCUT2D eigenvalue weighted by atomic mass is 16.2. The molecule has 3 aromatic rings. The lowest BCUT2D eigenvalue weighted by atomic mass is 9.93. The zero-order chi connectivity index (χ0) is 17.2. The number of aryl methyl sites for hydroxylation is 1. The number of amides is 1. The molecule has 1 aliphatic rings. The summed E-state index contributed by atoms with van der Waals surface area (Å²) in [6.07, 6.45) is 8.31. The zero-order valence-electron chi connectivity index (χ0n) is 14.1. The topological polar surface area (TPSA) is 77.6 Å². The molecule has 0 radical (unpaired) electrons. The van der Waals surface area contributed by atoms with E-state index in [-0.39, 0.29) is 18.5 Å². The largest absolute Gasteiger partial charge is 0.348 e. The number of hydrogen-bond donors (Lipinski definition) is 1. The number of nitrogens with one attached hydrogen (secondary N) is 1. The molecular formula is C18H20N6O. The van der Waals surface area contributed by atoms with Gasteiger partial charge in [0.1, 0.15) is 6.54 Å². The molecule has 0 unspecified atom stereocenters. The number of aromatic nitrogens is 5. The van der Waals surface area contributed by atoms with Crippen molar-refractivity contribution in [1.82, 2.24) is 29.9 Å². The molecule has 1 N–H and O–H groups in total. The normalized spacial score (nSPS) is 16.4. The first kappa shape index (κ1) is 15.6. The third-order valence-corrected chi connectivity index (χ3v) is 4.46. The van der Waals surface area contributed by atoms with E-state index >= 15 is 0 Å². The minimum Gasteiger partial charge on any atom is -0.348 e. The summed E-state index contributed by atoms with van der Waals surface area (Å²) in [7, 11) is 0. The lowest BCUT2D eigenvalue weighted by Crippen LogP contribution is -2.33. The number of hydrogen-bond acceptors (Lipinski definition) is 4. The monoisotopic (exact) mass is 336 g/mol. The maximum absolute atomic E-state index is 12.4. The van der Waals surface area contributed by atoms with Gasteiger partial charge in [-0.3, -0.25) is 9.48 Å². The molecule has 0 spiro atoms. The fourth-order valence-electron chi connectivity index (χ4n) is 3.32. The average molecular weight is 336 g/mol. The van der Waals surface area contributed by atoms with E-state index in [0.29, 0.717) is 0 Å². The predicted octanol–water partition coefficient (Wildman–Crippen LogP) is 1.97. The minimum atomic E-state index is -0.0356. The second-order valence-electron chi connectivity index (χ2n) is 6.31. The van der Waals surface area contributed by atoms with Gasteiger partial charge >= 0.3 is 0 Å². The summed E-state index contributed by atoms with van der Waals surface area (Å²) >= 11 is 0. The van der Waals surface area contributed by atoms with Crippen molar-refractivity contribution >= 4 is 5.91 Å². The second kappa shape index (κ2) is 6.51. The number of fused-ring (bicyclic) bond motifs is 1. The minimum absolute atomic E-state index is 0.00892. The van der Waals surface area contributed by atoms with E-state index in [1.54, 1.807) is 10.9 Å². The van der Waals surface area contributed by atoms with Crippen LogP contribution in [-0.4, -0.2) is 30.5 Å². The summed E-state index contributed by atoms with van der Waals surface area (Å²) in [5, 5.41) is 11.9. The summed E-state index contributed by atoms with van der Waals surface area (Å²) in [5.74, 6) is 0.772. The van der Waals surface area contributed by atoms with Gasteiger partial charge in [0.2, 0.25) is 5.91 Å². The van der Waals surface area contributed by atoms with Crippen molar-refractivity contribution in [3.05, 3.63) is 59.8 Å². The Morgan fingerprint density at radius 3 is 3.04 bits per heavy atom. The second-order valence-corrected chi connectivity index (χ2v) is 6.31. The van der Waals surface area contributed by atoms with Crippen LogP contribution in [0.1, 0.15) is 35.8 Å². The smallest absolute Gasteiger partial charge is 0.242 e. The van der Waals surface area contributed by atoms with Gasteiger partial charge in [0.05, 0.1) is 23.6 Å². The Balaban J connectivity index is 1.52. The lowest BCUT2D eigenvalue weighted by Gasteiger charge is -2.24. The molecule has 1 atom stereocenters. The van der Waals surface area contributed by atoms with Crippen molar-refractivity contribution < 1.29 is 4.79 Å². The zero-order valence-corrected chi connectivity index (χ0v) is 14.1. The van der Waals surface area contributed by atoms with Gasteiger partial charge in [0.15, 0.2) is 5.82 Å². The van der Waals surface area contributed by atoms with E-state index < -0.39 is 0 Å². The standard InChI is InChI=1S/C18H20N6O/c1-13-8-10-23(22-13)12-18(25)21-15-5-4-6-16-14(15)11-20-24(16)17-7-2-3-9-19-17/h2-3,7-11,15H,4-6,12H2,1H3,(H,21,25)/t15-/m1/s1. The Morgan fingerprint density at radius 2 is 2.28 bits per heavy atom. The van der Waals surface area contributed by atoms with Gasteiger partial charge in [0.25, 0.3) is 0 Å². The fourth-order valence-corrected chi connectivity index (χ4v) is 3.32. The van der Waals surface area contributed by atoms with Crippen LogP contribution in [0.25, 0.3) is 5.82 Å². The predicted molar refractivity (Wildman–Crippen MR) is 92.1 cm³/mol. The third-order valence-electron chi connectivity index (χ3n) is 4.46. The Hall–Kier alpha value is -2.96. The fraction of sp³-hybridized carbons (Fsp3) is 0.333. The highest BCUT2D eigenvalue weighted by molar-refractivity contribution is 5.76. The first-order valence-corrected chi connectivity index (χ1v) is 8.48. The van der Waals surface area contributed by atoms with Crippen LogP contribution in [0, 0.1) is 6.92 Å². The molecule has 0 aromatic carbocycles. The highest BCUT2D eigenvalue weighted by Crippen LogP contribution is 2.30. The van der Waals surface area contributed by atoms with Crippen LogP contribution in [0.15, 0.2) is 42.9 Å². The molecule has 3 heterocycles. The van der Waals surface area contributed by atoms with Crippen molar-refractivity contribution in [3.8, 4) is 5.82 Å². The van der Waals surface area contributed by atoms with E-state index in [1.807, 2.05) is 48.3 Å². The number of carbonyl (C=O) groups is 1. The molecular weight excluding hydrogens is 316 g/mol. The molecule has 128 valence electrons. The van der Waals surface area contributed by atoms with Gasteiger partial charge in [-0.15, -0.1) is 0 Å². The van der Waals surface area contributed by atoms with Crippen molar-refractivity contribution in [1.29, 1.82) is 0 Å². The number of pyridine rings is 1. The number of carbonyl (C=O) groups excluding carboxylic acids is 1. The maximum atomic E-state index is 12.4. The highest BCUT2D eigenvalue weighted by Gasteiger charge is 2.26. The van der Waals surface area contributed by atoms with Crippen LogP contribution in [0.2, 0.25) is 0 Å². The molecule has 3 aromatic heterocycles. The van der Waals surface area contributed by atoms with Crippen molar-refractivity contribution in [3.63, 3.8) is 0 Å². The van der Waals surface area contributed by atoms with Gasteiger partial charge in [-0.2, -0.15) is 10.2 Å². The summed E-state index contributed by atoms with van der Waals surface area (Å²) < 4.78 is 3.54. The molecule has 0 fully saturated rings. The molecule has 0 bridgehead atoms. The van der Waals surface area contributed by atoms with Gasteiger partial charge in [0, 0.05) is 18.0 Å². The number of rotatable bonds is 4. The first-order chi connectivity index (χ1) is 12.2. The van der Waals surface area contributed by atoms with E-state index in [1.165, 1.54) is 0 Å². The molecule has 25 heavy (non-hydrogen) atoms. The van der Waals surface area contributed by atoms with Crippen LogP contribution in [-0.2, 0) is 17.8 Å². The van der Waals surface area contributed by atoms with Crippen LogP contribution in [0.3, 0.4) is 0 Å². The van der Waals surface area contributed by atoms with E-state index in [4.69, 9.17) is 0 Å². The van der Waals surface area contributed by atoms with Crippen molar-refractivity contribution in [2.45, 2.75) is 38.8 Å². The summed E-state index contributed by atoms with van der Waals surface area (Å²) in [4.78, 5) is 16.7.